The van der Waals surface area contributed by atoms with E-state index in [1.54, 1.807) is 18.2 Å². The standard InChI is InChI=1S/C19H15NO6S2/c1-25-13-7-6-10(15(18(23)24)16(13)26-2)8-14-17(22)20(19(27)28-14)11-4-3-5-12(21)9-11/h3-9,21H,1-2H3,(H,23,24)/b14-8+. The number of carboxylic acid groups (broad SMARTS) is 1. The largest absolute Gasteiger partial charge is 0.508 e. The van der Waals surface area contributed by atoms with E-state index in [9.17, 15) is 19.8 Å². The van der Waals surface area contributed by atoms with Crippen LogP contribution in [0.15, 0.2) is 41.3 Å². The third-order valence-electron chi connectivity index (χ3n) is 3.96. The van der Waals surface area contributed by atoms with Gasteiger partial charge >= 0.3 is 5.97 Å². The maximum atomic E-state index is 12.9. The molecule has 2 aromatic carbocycles. The predicted octanol–water partition coefficient (Wildman–Crippen LogP) is 3.51. The monoisotopic (exact) mass is 417 g/mol. The van der Waals surface area contributed by atoms with Gasteiger partial charge in [0.05, 0.1) is 24.8 Å². The van der Waals surface area contributed by atoms with Gasteiger partial charge in [-0.05, 0) is 29.8 Å². The van der Waals surface area contributed by atoms with Crippen LogP contribution in [0.25, 0.3) is 6.08 Å². The molecule has 2 aromatic rings. The highest BCUT2D eigenvalue weighted by molar-refractivity contribution is 8.27. The molecule has 0 aromatic heterocycles. The van der Waals surface area contributed by atoms with E-state index in [1.807, 2.05) is 0 Å². The van der Waals surface area contributed by atoms with Crippen molar-refractivity contribution >= 4 is 51.9 Å². The number of anilines is 1. The molecular formula is C19H15NO6S2. The molecular weight excluding hydrogens is 402 g/mol. The summed E-state index contributed by atoms with van der Waals surface area (Å²) in [6.45, 7) is 0. The number of hydrogen-bond donors (Lipinski definition) is 2. The first-order valence-corrected chi connectivity index (χ1v) is 9.15. The van der Waals surface area contributed by atoms with Gasteiger partial charge in [0.15, 0.2) is 15.8 Å². The molecule has 9 heteroatoms. The summed E-state index contributed by atoms with van der Waals surface area (Å²) in [5.74, 6) is -1.29. The fourth-order valence-corrected chi connectivity index (χ4v) is 4.04. The van der Waals surface area contributed by atoms with Gasteiger partial charge in [-0.1, -0.05) is 36.1 Å². The van der Waals surface area contributed by atoms with E-state index in [0.29, 0.717) is 5.69 Å². The van der Waals surface area contributed by atoms with Crippen molar-refractivity contribution < 1.29 is 29.3 Å². The molecule has 0 saturated carbocycles. The highest BCUT2D eigenvalue weighted by atomic mass is 32.2. The predicted molar refractivity (Wildman–Crippen MR) is 110 cm³/mol. The summed E-state index contributed by atoms with van der Waals surface area (Å²) in [5, 5.41) is 19.3. The molecule has 0 radical (unpaired) electrons. The Morgan fingerprint density at radius 1 is 1.21 bits per heavy atom. The van der Waals surface area contributed by atoms with E-state index in [-0.39, 0.29) is 37.6 Å². The number of thiocarbonyl (C=S) groups is 1. The van der Waals surface area contributed by atoms with Crippen LogP contribution in [0.2, 0.25) is 0 Å². The van der Waals surface area contributed by atoms with Crippen LogP contribution in [0.4, 0.5) is 5.69 Å². The van der Waals surface area contributed by atoms with Gasteiger partial charge < -0.3 is 19.7 Å². The summed E-state index contributed by atoms with van der Waals surface area (Å²) < 4.78 is 10.6. The molecule has 1 heterocycles. The fraction of sp³-hybridized carbons (Fsp3) is 0.105. The Labute approximate surface area is 170 Å². The normalized spacial score (nSPS) is 15.2. The van der Waals surface area contributed by atoms with Crippen LogP contribution in [0.3, 0.4) is 0 Å². The van der Waals surface area contributed by atoms with Crippen molar-refractivity contribution in [1.29, 1.82) is 0 Å². The smallest absolute Gasteiger partial charge is 0.340 e. The van der Waals surface area contributed by atoms with Crippen LogP contribution in [-0.2, 0) is 4.79 Å². The number of benzene rings is 2. The molecule has 28 heavy (non-hydrogen) atoms. The van der Waals surface area contributed by atoms with E-state index in [1.165, 1.54) is 43.4 Å². The van der Waals surface area contributed by atoms with E-state index >= 15 is 0 Å². The zero-order valence-electron chi connectivity index (χ0n) is 14.8. The van der Waals surface area contributed by atoms with Gasteiger partial charge in [0.1, 0.15) is 11.3 Å². The number of phenols is 1. The number of phenolic OH excluding ortho intramolecular Hbond substituents is 1. The lowest BCUT2D eigenvalue weighted by Crippen LogP contribution is -2.27. The van der Waals surface area contributed by atoms with E-state index in [2.05, 4.69) is 0 Å². The average Bonchev–Trinajstić information content (AvgIpc) is 2.94. The van der Waals surface area contributed by atoms with Crippen molar-refractivity contribution in [3.63, 3.8) is 0 Å². The zero-order chi connectivity index (χ0) is 20.4. The van der Waals surface area contributed by atoms with Gasteiger partial charge in [-0.2, -0.15) is 0 Å². The Kier molecular flexibility index (Phi) is 5.57. The van der Waals surface area contributed by atoms with Crippen LogP contribution < -0.4 is 14.4 Å². The lowest BCUT2D eigenvalue weighted by molar-refractivity contribution is -0.113. The number of rotatable bonds is 5. The van der Waals surface area contributed by atoms with Gasteiger partial charge in [0.25, 0.3) is 5.91 Å². The number of carbonyl (C=O) groups is 2. The molecule has 0 atom stereocenters. The number of carbonyl (C=O) groups excluding carboxylic acids is 1. The van der Waals surface area contributed by atoms with Crippen molar-refractivity contribution in [1.82, 2.24) is 0 Å². The van der Waals surface area contributed by atoms with Crippen molar-refractivity contribution in [3.8, 4) is 17.2 Å². The molecule has 1 amide bonds. The second kappa shape index (κ2) is 7.91. The Morgan fingerprint density at radius 2 is 1.96 bits per heavy atom. The molecule has 1 aliphatic heterocycles. The van der Waals surface area contributed by atoms with Crippen molar-refractivity contribution in [3.05, 3.63) is 52.4 Å². The van der Waals surface area contributed by atoms with E-state index in [4.69, 9.17) is 21.7 Å². The third kappa shape index (κ3) is 3.54. The Morgan fingerprint density at radius 3 is 2.57 bits per heavy atom. The van der Waals surface area contributed by atoms with Gasteiger partial charge in [0.2, 0.25) is 0 Å². The number of hydrogen-bond acceptors (Lipinski definition) is 7. The lowest BCUT2D eigenvalue weighted by Gasteiger charge is -2.14. The molecule has 0 unspecified atom stereocenters. The molecule has 144 valence electrons. The van der Waals surface area contributed by atoms with Gasteiger partial charge in [-0.3, -0.25) is 9.69 Å². The number of ether oxygens (including phenoxy) is 2. The fourth-order valence-electron chi connectivity index (χ4n) is 2.75. The number of carboxylic acids is 1. The Hall–Kier alpha value is -3.04. The van der Waals surface area contributed by atoms with E-state index < -0.39 is 11.9 Å². The van der Waals surface area contributed by atoms with Crippen LogP contribution in [-0.4, -0.2) is 40.6 Å². The molecule has 0 spiro atoms. The quantitative estimate of drug-likeness (QED) is 0.564. The third-order valence-corrected chi connectivity index (χ3v) is 5.26. The number of amides is 1. The first kappa shape index (κ1) is 19.7. The number of nitrogens with zero attached hydrogens (tertiary/aromatic N) is 1. The maximum Gasteiger partial charge on any atom is 0.340 e. The van der Waals surface area contributed by atoms with Crippen molar-refractivity contribution in [2.75, 3.05) is 19.1 Å². The minimum absolute atomic E-state index is 0.00332. The summed E-state index contributed by atoms with van der Waals surface area (Å²) in [5.41, 5.74) is 0.586. The summed E-state index contributed by atoms with van der Waals surface area (Å²) in [6, 6.07) is 9.25. The van der Waals surface area contributed by atoms with E-state index in [0.717, 1.165) is 11.8 Å². The summed E-state index contributed by atoms with van der Waals surface area (Å²) >= 11 is 6.34. The maximum absolute atomic E-state index is 12.9. The minimum Gasteiger partial charge on any atom is -0.508 e. The van der Waals surface area contributed by atoms with Crippen LogP contribution in [0.5, 0.6) is 17.2 Å². The molecule has 1 fully saturated rings. The summed E-state index contributed by atoms with van der Waals surface area (Å²) in [6.07, 6.45) is 1.45. The molecule has 3 rings (SSSR count). The SMILES string of the molecule is COc1ccc(/C=C2/SC(=S)N(c3cccc(O)c3)C2=O)c(C(=O)O)c1OC. The first-order valence-electron chi connectivity index (χ1n) is 7.92. The molecule has 0 aliphatic carbocycles. The highest BCUT2D eigenvalue weighted by Gasteiger charge is 2.34. The molecule has 2 N–H and O–H groups in total. The molecule has 7 nitrogen and oxygen atoms in total. The average molecular weight is 417 g/mol. The van der Waals surface area contributed by atoms with Crippen molar-refractivity contribution in [2.24, 2.45) is 0 Å². The topological polar surface area (TPSA) is 96.3 Å². The number of aromatic carboxylic acids is 1. The minimum atomic E-state index is -1.22. The molecule has 0 bridgehead atoms. The molecule has 1 saturated heterocycles. The first-order chi connectivity index (χ1) is 13.4. The molecule has 1 aliphatic rings. The highest BCUT2D eigenvalue weighted by Crippen LogP contribution is 2.39. The van der Waals surface area contributed by atoms with Gasteiger partial charge in [0, 0.05) is 6.07 Å². The second-order valence-corrected chi connectivity index (χ2v) is 7.28. The van der Waals surface area contributed by atoms with Gasteiger partial charge in [-0.15, -0.1) is 0 Å². The lowest BCUT2D eigenvalue weighted by atomic mass is 10.0. The number of methoxy groups -OCH3 is 2. The Balaban J connectivity index is 2.06. The number of aromatic hydroxyl groups is 1. The van der Waals surface area contributed by atoms with Crippen LogP contribution in [0, 0.1) is 0 Å². The summed E-state index contributed by atoms with van der Waals surface area (Å²) in [7, 11) is 2.75. The second-order valence-electron chi connectivity index (χ2n) is 5.61. The number of thioether (sulfide) groups is 1. The zero-order valence-corrected chi connectivity index (χ0v) is 16.5. The van der Waals surface area contributed by atoms with Crippen LogP contribution >= 0.6 is 24.0 Å². The van der Waals surface area contributed by atoms with Gasteiger partial charge in [-0.25, -0.2) is 4.79 Å². The summed E-state index contributed by atoms with van der Waals surface area (Å²) in [4.78, 5) is 26.2. The van der Waals surface area contributed by atoms with Crippen molar-refractivity contribution in [2.45, 2.75) is 0 Å². The van der Waals surface area contributed by atoms with Crippen LogP contribution in [0.1, 0.15) is 15.9 Å². The Bertz CT molecular complexity index is 1020.